The summed E-state index contributed by atoms with van der Waals surface area (Å²) >= 11 is 0. The van der Waals surface area contributed by atoms with Crippen molar-refractivity contribution in [3.63, 3.8) is 0 Å². The third-order valence-electron chi connectivity index (χ3n) is 5.85. The van der Waals surface area contributed by atoms with Crippen molar-refractivity contribution < 1.29 is 17.9 Å². The van der Waals surface area contributed by atoms with Gasteiger partial charge < -0.3 is 10.5 Å². The Bertz CT molecular complexity index is 719. The number of hydrogen-bond donors (Lipinski definition) is 2. The number of sulfonamides is 1. The molecule has 0 aromatic heterocycles. The summed E-state index contributed by atoms with van der Waals surface area (Å²) < 4.78 is 31.3. The first-order valence-electron chi connectivity index (χ1n) is 13.9. The van der Waals surface area contributed by atoms with Gasteiger partial charge in [0.1, 0.15) is 0 Å². The van der Waals surface area contributed by atoms with E-state index in [-0.39, 0.29) is 11.3 Å². The zero-order valence-corrected chi connectivity index (χ0v) is 23.5. The molecule has 204 valence electrons. The van der Waals surface area contributed by atoms with Crippen LogP contribution >= 0.6 is 0 Å². The minimum atomic E-state index is -3.80. The van der Waals surface area contributed by atoms with E-state index < -0.39 is 15.9 Å². The summed E-state index contributed by atoms with van der Waals surface area (Å²) in [6.07, 6.45) is 19.2. The molecule has 0 heterocycles. The molecule has 0 spiro atoms. The Morgan fingerprint density at radius 2 is 1.11 bits per heavy atom. The summed E-state index contributed by atoms with van der Waals surface area (Å²) in [7, 11) is -3.80. The van der Waals surface area contributed by atoms with E-state index in [2.05, 4.69) is 11.6 Å². The number of amides is 1. The molecule has 6 nitrogen and oxygen atoms in total. The summed E-state index contributed by atoms with van der Waals surface area (Å²) in [5.41, 5.74) is 6.04. The fraction of sp³-hybridized carbons (Fsp3) is 0.750. The number of anilines is 1. The lowest BCUT2D eigenvalue weighted by Crippen LogP contribution is -2.30. The van der Waals surface area contributed by atoms with Crippen molar-refractivity contribution in [3.05, 3.63) is 24.3 Å². The van der Waals surface area contributed by atoms with Crippen LogP contribution in [0.5, 0.6) is 0 Å². The molecule has 35 heavy (non-hydrogen) atoms. The smallest absolute Gasteiger partial charge is 0.264 e. The van der Waals surface area contributed by atoms with Crippen molar-refractivity contribution in [1.29, 1.82) is 0 Å². The fourth-order valence-electron chi connectivity index (χ4n) is 3.77. The highest BCUT2D eigenvalue weighted by molar-refractivity contribution is 7.90. The van der Waals surface area contributed by atoms with E-state index in [0.29, 0.717) is 5.69 Å². The second-order valence-electron chi connectivity index (χ2n) is 9.08. The summed E-state index contributed by atoms with van der Waals surface area (Å²) in [5, 5.41) is 0. The van der Waals surface area contributed by atoms with E-state index in [1.54, 1.807) is 0 Å². The van der Waals surface area contributed by atoms with E-state index >= 15 is 0 Å². The first kappa shape index (κ1) is 33.4. The summed E-state index contributed by atoms with van der Waals surface area (Å²) in [6, 6.07) is 5.82. The highest BCUT2D eigenvalue weighted by Crippen LogP contribution is 2.14. The van der Waals surface area contributed by atoms with Crippen LogP contribution in [0.2, 0.25) is 0 Å². The number of nitrogens with two attached hydrogens (primary N) is 1. The van der Waals surface area contributed by atoms with Gasteiger partial charge in [0.2, 0.25) is 5.91 Å². The van der Waals surface area contributed by atoms with Crippen molar-refractivity contribution in [2.75, 3.05) is 18.9 Å². The van der Waals surface area contributed by atoms with Crippen molar-refractivity contribution in [2.45, 2.75) is 128 Å². The minimum absolute atomic E-state index is 0.0570. The van der Waals surface area contributed by atoms with Gasteiger partial charge in [-0.2, -0.15) is 0 Å². The molecule has 0 unspecified atom stereocenters. The Labute approximate surface area is 215 Å². The molecule has 0 bridgehead atoms. The quantitative estimate of drug-likeness (QED) is 0.140. The van der Waals surface area contributed by atoms with Crippen LogP contribution in [-0.4, -0.2) is 27.5 Å². The van der Waals surface area contributed by atoms with Crippen LogP contribution in [0.25, 0.3) is 0 Å². The van der Waals surface area contributed by atoms with Crippen LogP contribution in [0.3, 0.4) is 0 Å². The number of benzene rings is 1. The van der Waals surface area contributed by atoms with E-state index in [4.69, 9.17) is 10.5 Å². The van der Waals surface area contributed by atoms with Crippen LogP contribution in [0.15, 0.2) is 29.2 Å². The Morgan fingerprint density at radius 1 is 0.714 bits per heavy atom. The van der Waals surface area contributed by atoms with E-state index in [9.17, 15) is 13.2 Å². The van der Waals surface area contributed by atoms with Crippen molar-refractivity contribution in [2.24, 2.45) is 0 Å². The molecule has 7 heteroatoms. The van der Waals surface area contributed by atoms with Gasteiger partial charge in [0.05, 0.1) is 4.90 Å². The largest absolute Gasteiger partial charge is 0.399 e. The number of nitrogens with one attached hydrogen (secondary N) is 1. The number of ether oxygens (including phenoxy) is 1. The number of unbranched alkanes of at least 4 members (excludes halogenated alkanes) is 14. The standard InChI is InChI=1S/C24H42N2O3S.C4H10O/c1-2-3-4-5-6-7-8-9-10-11-12-13-14-15-16-17-24(27)26-30(28,29)23-20-18-22(25)19-21-23;1-3-5-4-2/h18-21H,2-17,25H2,1H3,(H,26,27);3-4H2,1-2H3. The zero-order valence-electron chi connectivity index (χ0n) is 22.7. The van der Waals surface area contributed by atoms with Crippen LogP contribution in [0.4, 0.5) is 5.69 Å². The molecule has 1 aromatic carbocycles. The van der Waals surface area contributed by atoms with Crippen molar-refractivity contribution in [1.82, 2.24) is 4.72 Å². The normalized spacial score (nSPS) is 11.1. The molecule has 0 atom stereocenters. The lowest BCUT2D eigenvalue weighted by Gasteiger charge is -2.07. The predicted octanol–water partition coefficient (Wildman–Crippen LogP) is 7.38. The van der Waals surface area contributed by atoms with Gasteiger partial charge in [0, 0.05) is 25.3 Å². The minimum Gasteiger partial charge on any atom is -0.399 e. The van der Waals surface area contributed by atoms with Gasteiger partial charge in [-0.25, -0.2) is 13.1 Å². The molecule has 1 aromatic rings. The highest BCUT2D eigenvalue weighted by atomic mass is 32.2. The van der Waals surface area contributed by atoms with Gasteiger partial charge in [-0.05, 0) is 44.5 Å². The first-order valence-corrected chi connectivity index (χ1v) is 15.3. The van der Waals surface area contributed by atoms with E-state index in [1.165, 1.54) is 101 Å². The van der Waals surface area contributed by atoms with Crippen LogP contribution in [0.1, 0.15) is 124 Å². The molecule has 0 saturated heterocycles. The molecule has 1 rings (SSSR count). The van der Waals surface area contributed by atoms with Crippen LogP contribution in [-0.2, 0) is 19.6 Å². The molecule has 0 aliphatic rings. The number of carbonyl (C=O) groups excluding carboxylic acids is 1. The van der Waals surface area contributed by atoms with Gasteiger partial charge in [-0.1, -0.05) is 96.8 Å². The average Bonchev–Trinajstić information content (AvgIpc) is 2.82. The molecular formula is C28H52N2O4S. The topological polar surface area (TPSA) is 98.5 Å². The van der Waals surface area contributed by atoms with Gasteiger partial charge in [-0.15, -0.1) is 0 Å². The molecule has 0 aliphatic heterocycles. The Balaban J connectivity index is 0.00000209. The van der Waals surface area contributed by atoms with E-state index in [0.717, 1.165) is 32.5 Å². The third kappa shape index (κ3) is 20.3. The summed E-state index contributed by atoms with van der Waals surface area (Å²) in [4.78, 5) is 12.0. The maximum Gasteiger partial charge on any atom is 0.264 e. The van der Waals surface area contributed by atoms with Gasteiger partial charge in [0.15, 0.2) is 0 Å². The van der Waals surface area contributed by atoms with E-state index in [1.807, 2.05) is 13.8 Å². The Morgan fingerprint density at radius 3 is 1.49 bits per heavy atom. The highest BCUT2D eigenvalue weighted by Gasteiger charge is 2.16. The molecular weight excluding hydrogens is 460 g/mol. The first-order chi connectivity index (χ1) is 16.9. The Hall–Kier alpha value is -1.60. The molecule has 0 saturated carbocycles. The summed E-state index contributed by atoms with van der Waals surface area (Å²) in [5.74, 6) is -0.443. The predicted molar refractivity (Wildman–Crippen MR) is 148 cm³/mol. The van der Waals surface area contributed by atoms with Gasteiger partial charge >= 0.3 is 0 Å². The monoisotopic (exact) mass is 512 g/mol. The molecule has 1 amide bonds. The lowest BCUT2D eigenvalue weighted by molar-refractivity contribution is -0.119. The second kappa shape index (κ2) is 22.8. The number of carbonyl (C=O) groups is 1. The fourth-order valence-corrected chi connectivity index (χ4v) is 4.78. The number of rotatable bonds is 20. The molecule has 0 fully saturated rings. The zero-order chi connectivity index (χ0) is 26.2. The van der Waals surface area contributed by atoms with Crippen molar-refractivity contribution in [3.8, 4) is 0 Å². The second-order valence-corrected chi connectivity index (χ2v) is 10.8. The lowest BCUT2D eigenvalue weighted by atomic mass is 10.0. The average molecular weight is 513 g/mol. The molecule has 0 radical (unpaired) electrons. The van der Waals surface area contributed by atoms with Crippen molar-refractivity contribution >= 4 is 21.6 Å². The SMILES string of the molecule is CCCCCCCCCCCCCCCCCC(=O)NS(=O)(=O)c1ccc(N)cc1.CCOCC. The van der Waals surface area contributed by atoms with Gasteiger partial charge in [-0.3, -0.25) is 4.79 Å². The summed E-state index contributed by atoms with van der Waals surface area (Å²) in [6.45, 7) is 7.92. The maximum atomic E-state index is 12.1. The Kier molecular flexibility index (Phi) is 21.8. The maximum absolute atomic E-state index is 12.1. The molecule has 3 N–H and O–H groups in total. The third-order valence-corrected chi connectivity index (χ3v) is 7.24. The van der Waals surface area contributed by atoms with Gasteiger partial charge in [0.25, 0.3) is 10.0 Å². The number of nitrogen functional groups attached to an aromatic ring is 1. The van der Waals surface area contributed by atoms with Crippen LogP contribution in [0, 0.1) is 0 Å². The molecule has 0 aliphatic carbocycles. The number of hydrogen-bond acceptors (Lipinski definition) is 5. The van der Waals surface area contributed by atoms with Crippen LogP contribution < -0.4 is 10.5 Å².